The summed E-state index contributed by atoms with van der Waals surface area (Å²) in [5.74, 6) is 0.472. The molecule has 1 unspecified atom stereocenters. The largest absolute Gasteiger partial charge is 0.397 e. The Morgan fingerprint density at radius 2 is 2.20 bits per heavy atom. The molecule has 82 valence electrons. The van der Waals surface area contributed by atoms with Gasteiger partial charge in [-0.1, -0.05) is 6.42 Å². The summed E-state index contributed by atoms with van der Waals surface area (Å²) in [7, 11) is 0. The fourth-order valence-corrected chi connectivity index (χ4v) is 1.96. The second-order valence-electron chi connectivity index (χ2n) is 4.36. The van der Waals surface area contributed by atoms with Gasteiger partial charge in [-0.15, -0.1) is 0 Å². The molecule has 2 rings (SSSR count). The van der Waals surface area contributed by atoms with E-state index in [0.717, 1.165) is 5.69 Å². The predicted molar refractivity (Wildman–Crippen MR) is 61.2 cm³/mol. The van der Waals surface area contributed by atoms with E-state index in [1.807, 2.05) is 0 Å². The molecule has 0 aliphatic heterocycles. The summed E-state index contributed by atoms with van der Waals surface area (Å²) in [6, 6.07) is 4.83. The van der Waals surface area contributed by atoms with Gasteiger partial charge >= 0.3 is 0 Å². The van der Waals surface area contributed by atoms with Gasteiger partial charge in [0, 0.05) is 6.04 Å². The third-order valence-corrected chi connectivity index (χ3v) is 3.26. The van der Waals surface area contributed by atoms with Gasteiger partial charge in [0.2, 0.25) is 0 Å². The molecule has 3 heteroatoms. The molecule has 0 radical (unpaired) electrons. The fourth-order valence-electron chi connectivity index (χ4n) is 1.96. The lowest BCUT2D eigenvalue weighted by Crippen LogP contribution is -2.31. The van der Waals surface area contributed by atoms with E-state index in [1.165, 1.54) is 31.4 Å². The molecule has 1 aliphatic rings. The normalized spacial score (nSPS) is 18.3. The molecule has 1 aliphatic carbocycles. The summed E-state index contributed by atoms with van der Waals surface area (Å²) in [4.78, 5) is 0. The molecule has 0 bridgehead atoms. The highest BCUT2D eigenvalue weighted by Crippen LogP contribution is 2.32. The molecule has 1 aromatic rings. The van der Waals surface area contributed by atoms with Crippen LogP contribution in [0.5, 0.6) is 0 Å². The van der Waals surface area contributed by atoms with E-state index in [4.69, 9.17) is 5.73 Å². The van der Waals surface area contributed by atoms with Crippen LogP contribution in [0.2, 0.25) is 0 Å². The van der Waals surface area contributed by atoms with Gasteiger partial charge in [0.05, 0.1) is 11.4 Å². The first-order valence-electron chi connectivity index (χ1n) is 5.48. The first-order chi connectivity index (χ1) is 7.16. The number of nitrogens with one attached hydrogen (secondary N) is 1. The second-order valence-corrected chi connectivity index (χ2v) is 4.36. The van der Waals surface area contributed by atoms with Crippen molar-refractivity contribution in [3.8, 4) is 0 Å². The van der Waals surface area contributed by atoms with Crippen LogP contribution in [0.15, 0.2) is 18.2 Å². The Hall–Kier alpha value is -1.25. The van der Waals surface area contributed by atoms with Crippen LogP contribution in [0.1, 0.15) is 26.2 Å². The maximum atomic E-state index is 13.0. The van der Waals surface area contributed by atoms with Crippen molar-refractivity contribution in [2.75, 3.05) is 11.1 Å². The Bertz CT molecular complexity index is 347. The average molecular weight is 208 g/mol. The summed E-state index contributed by atoms with van der Waals surface area (Å²) in [6.45, 7) is 2.13. The maximum absolute atomic E-state index is 13.0. The number of hydrogen-bond donors (Lipinski definition) is 2. The third-order valence-electron chi connectivity index (χ3n) is 3.26. The molecule has 0 aromatic heterocycles. The second kappa shape index (κ2) is 4.09. The smallest absolute Gasteiger partial charge is 0.125 e. The van der Waals surface area contributed by atoms with Gasteiger partial charge in [0.1, 0.15) is 5.82 Å². The quantitative estimate of drug-likeness (QED) is 0.749. The van der Waals surface area contributed by atoms with Gasteiger partial charge in [-0.3, -0.25) is 0 Å². The first kappa shape index (κ1) is 10.3. The van der Waals surface area contributed by atoms with E-state index >= 15 is 0 Å². The zero-order valence-electron chi connectivity index (χ0n) is 8.96. The molecule has 3 N–H and O–H groups in total. The van der Waals surface area contributed by atoms with Crippen LogP contribution < -0.4 is 11.1 Å². The number of hydrogen-bond acceptors (Lipinski definition) is 2. The number of nitrogens with two attached hydrogens (primary N) is 1. The van der Waals surface area contributed by atoms with Crippen LogP contribution in [0, 0.1) is 11.7 Å². The summed E-state index contributed by atoms with van der Waals surface area (Å²) in [5.41, 5.74) is 7.10. The maximum Gasteiger partial charge on any atom is 0.125 e. The Labute approximate surface area is 89.7 Å². The molecule has 0 saturated heterocycles. The van der Waals surface area contributed by atoms with Crippen molar-refractivity contribution in [3.63, 3.8) is 0 Å². The van der Waals surface area contributed by atoms with Crippen molar-refractivity contribution >= 4 is 11.4 Å². The van der Waals surface area contributed by atoms with Crippen molar-refractivity contribution in [1.82, 2.24) is 0 Å². The Morgan fingerprint density at radius 3 is 2.80 bits per heavy atom. The summed E-state index contributed by atoms with van der Waals surface area (Å²) in [5, 5.41) is 3.29. The molecule has 1 saturated carbocycles. The number of rotatable bonds is 3. The first-order valence-corrected chi connectivity index (χ1v) is 5.48. The highest BCUT2D eigenvalue weighted by atomic mass is 19.1. The summed E-state index contributed by atoms with van der Waals surface area (Å²) < 4.78 is 13.0. The van der Waals surface area contributed by atoms with Crippen LogP contribution >= 0.6 is 0 Å². The molecular formula is C12H17FN2. The van der Waals surface area contributed by atoms with E-state index in [-0.39, 0.29) is 5.82 Å². The van der Waals surface area contributed by atoms with Crippen molar-refractivity contribution in [2.45, 2.75) is 32.2 Å². The lowest BCUT2D eigenvalue weighted by molar-refractivity contribution is 0.285. The van der Waals surface area contributed by atoms with Gasteiger partial charge < -0.3 is 11.1 Å². The Kier molecular flexibility index (Phi) is 2.80. The molecule has 1 fully saturated rings. The van der Waals surface area contributed by atoms with Crippen LogP contribution in [0.3, 0.4) is 0 Å². The SMILES string of the molecule is CC(Nc1cc(F)ccc1N)C1CCC1. The van der Waals surface area contributed by atoms with Gasteiger partial charge in [0.15, 0.2) is 0 Å². The molecule has 0 amide bonds. The lowest BCUT2D eigenvalue weighted by Gasteiger charge is -2.32. The zero-order chi connectivity index (χ0) is 10.8. The third kappa shape index (κ3) is 2.22. The van der Waals surface area contributed by atoms with Crippen molar-refractivity contribution < 1.29 is 4.39 Å². The van der Waals surface area contributed by atoms with E-state index < -0.39 is 0 Å². The standard InChI is InChI=1S/C12H17FN2/c1-8(9-3-2-4-9)15-12-7-10(13)5-6-11(12)14/h5-9,15H,2-4,14H2,1H3. The fraction of sp³-hybridized carbons (Fsp3) is 0.500. The van der Waals surface area contributed by atoms with Crippen molar-refractivity contribution in [1.29, 1.82) is 0 Å². The minimum Gasteiger partial charge on any atom is -0.397 e. The highest BCUT2D eigenvalue weighted by Gasteiger charge is 2.24. The molecule has 1 atom stereocenters. The van der Waals surface area contributed by atoms with E-state index in [1.54, 1.807) is 6.07 Å². The molecule has 0 spiro atoms. The van der Waals surface area contributed by atoms with Gasteiger partial charge in [-0.05, 0) is 43.9 Å². The van der Waals surface area contributed by atoms with Crippen LogP contribution in [0.4, 0.5) is 15.8 Å². The Balaban J connectivity index is 2.05. The minimum atomic E-state index is -0.243. The van der Waals surface area contributed by atoms with Crippen LogP contribution in [0.25, 0.3) is 0 Å². The van der Waals surface area contributed by atoms with Gasteiger partial charge in [-0.2, -0.15) is 0 Å². The van der Waals surface area contributed by atoms with E-state index in [2.05, 4.69) is 12.2 Å². The number of halogens is 1. The molecule has 2 nitrogen and oxygen atoms in total. The zero-order valence-corrected chi connectivity index (χ0v) is 8.96. The summed E-state index contributed by atoms with van der Waals surface area (Å²) in [6.07, 6.45) is 3.85. The van der Waals surface area contributed by atoms with Crippen LogP contribution in [-0.4, -0.2) is 6.04 Å². The van der Waals surface area contributed by atoms with E-state index in [0.29, 0.717) is 17.6 Å². The minimum absolute atomic E-state index is 0.243. The highest BCUT2D eigenvalue weighted by molar-refractivity contribution is 5.66. The number of nitrogen functional groups attached to an aromatic ring is 1. The monoisotopic (exact) mass is 208 g/mol. The van der Waals surface area contributed by atoms with Crippen LogP contribution in [-0.2, 0) is 0 Å². The van der Waals surface area contributed by atoms with Crippen molar-refractivity contribution in [2.24, 2.45) is 5.92 Å². The predicted octanol–water partition coefficient (Wildman–Crippen LogP) is 3.01. The van der Waals surface area contributed by atoms with Crippen molar-refractivity contribution in [3.05, 3.63) is 24.0 Å². The number of benzene rings is 1. The molecule has 1 aromatic carbocycles. The molecular weight excluding hydrogens is 191 g/mol. The van der Waals surface area contributed by atoms with E-state index in [9.17, 15) is 4.39 Å². The molecule has 0 heterocycles. The summed E-state index contributed by atoms with van der Waals surface area (Å²) >= 11 is 0. The topological polar surface area (TPSA) is 38.0 Å². The Morgan fingerprint density at radius 1 is 1.47 bits per heavy atom. The van der Waals surface area contributed by atoms with Gasteiger partial charge in [-0.25, -0.2) is 4.39 Å². The van der Waals surface area contributed by atoms with Gasteiger partial charge in [0.25, 0.3) is 0 Å². The lowest BCUT2D eigenvalue weighted by atomic mass is 9.80. The number of anilines is 2. The molecule has 15 heavy (non-hydrogen) atoms. The average Bonchev–Trinajstić information content (AvgIpc) is 2.08.